The van der Waals surface area contributed by atoms with E-state index in [0.29, 0.717) is 43.7 Å². The van der Waals surface area contributed by atoms with Gasteiger partial charge in [-0.15, -0.1) is 0 Å². The van der Waals surface area contributed by atoms with Crippen LogP contribution in [0.15, 0.2) is 11.6 Å². The molecule has 6 aliphatic rings. The minimum Gasteiger partial charge on any atom is -0.456 e. The molecule has 0 amide bonds. The fraction of sp³-hybridized carbons (Fsp3) is 0.900. The Balaban J connectivity index is 1.44. The molecule has 0 aromatic heterocycles. The highest BCUT2D eigenvalue weighted by atomic mass is 16.6. The highest BCUT2D eigenvalue weighted by molar-refractivity contribution is 5.87. The van der Waals surface area contributed by atoms with Crippen LogP contribution in [0.3, 0.4) is 0 Å². The van der Waals surface area contributed by atoms with E-state index in [2.05, 4.69) is 10.6 Å². The van der Waals surface area contributed by atoms with Crippen LogP contribution in [-0.2, 0) is 23.8 Å². The van der Waals surface area contributed by atoms with Crippen LogP contribution < -0.4 is 22.1 Å². The topological polar surface area (TPSA) is 223 Å². The average Bonchev–Trinajstić information content (AvgIpc) is 3.14. The van der Waals surface area contributed by atoms with Gasteiger partial charge in [0.15, 0.2) is 0 Å². The van der Waals surface area contributed by atoms with Crippen molar-refractivity contribution in [1.29, 1.82) is 0 Å². The van der Waals surface area contributed by atoms with Crippen molar-refractivity contribution in [1.82, 2.24) is 5.32 Å². The number of aliphatic hydroxyl groups is 4. The normalized spacial score (nSPS) is 45.1. The molecule has 6 rings (SSSR count). The molecule has 6 fully saturated rings. The van der Waals surface area contributed by atoms with Crippen LogP contribution in [0.1, 0.15) is 97.8 Å². The first-order chi connectivity index (χ1) is 25.4. The number of carbonyl (C=O) groups is 2. The molecule has 53 heavy (non-hydrogen) atoms. The van der Waals surface area contributed by atoms with Crippen LogP contribution in [0.4, 0.5) is 0 Å². The van der Waals surface area contributed by atoms with Crippen molar-refractivity contribution in [2.75, 3.05) is 26.3 Å². The number of hydrogen-bond donors (Lipinski definition) is 8. The van der Waals surface area contributed by atoms with Crippen molar-refractivity contribution in [2.24, 2.45) is 58.8 Å². The van der Waals surface area contributed by atoms with Crippen molar-refractivity contribution in [3.05, 3.63) is 11.6 Å². The number of Topliss-reactive ketones (excluding diaryl/α,β-unsaturated/α-hetero) is 1. The fourth-order valence-corrected chi connectivity index (χ4v) is 11.4. The minimum atomic E-state index is -1.11. The summed E-state index contributed by atoms with van der Waals surface area (Å²) in [6.45, 7) is 6.74. The maximum Gasteiger partial charge on any atom is 0.333 e. The van der Waals surface area contributed by atoms with Gasteiger partial charge >= 0.3 is 5.97 Å². The van der Waals surface area contributed by atoms with E-state index < -0.39 is 65.9 Å². The van der Waals surface area contributed by atoms with E-state index in [4.69, 9.17) is 25.7 Å². The monoisotopic (exact) mass is 750 g/mol. The lowest BCUT2D eigenvalue weighted by atomic mass is 9.53. The largest absolute Gasteiger partial charge is 0.456 e. The predicted molar refractivity (Wildman–Crippen MR) is 197 cm³/mol. The van der Waals surface area contributed by atoms with Gasteiger partial charge in [-0.1, -0.05) is 12.5 Å². The van der Waals surface area contributed by atoms with Crippen LogP contribution in [0, 0.1) is 47.3 Å². The van der Waals surface area contributed by atoms with E-state index in [1.807, 2.05) is 6.92 Å². The molecule has 13 heteroatoms. The molecule has 0 aromatic rings. The van der Waals surface area contributed by atoms with E-state index in [-0.39, 0.29) is 61.4 Å². The number of rotatable bonds is 11. The number of hydrogen-bond acceptors (Lipinski definition) is 12. The Bertz CT molecular complexity index is 1280. The third kappa shape index (κ3) is 8.90. The quantitative estimate of drug-likeness (QED) is 0.107. The zero-order chi connectivity index (χ0) is 38.0. The number of nitrogens with two attached hydrogens (primary N) is 3. The first-order valence-corrected chi connectivity index (χ1v) is 20.7. The van der Waals surface area contributed by atoms with Gasteiger partial charge < -0.3 is 51.0 Å². The molecule has 0 aromatic carbocycles. The van der Waals surface area contributed by atoms with Gasteiger partial charge in [0.2, 0.25) is 0 Å². The Morgan fingerprint density at radius 2 is 1.89 bits per heavy atom. The maximum atomic E-state index is 14.1. The van der Waals surface area contributed by atoms with Crippen molar-refractivity contribution >= 4 is 11.8 Å². The highest BCUT2D eigenvalue weighted by Gasteiger charge is 2.64. The molecular formula is C40H69N4O9+. The lowest BCUT2D eigenvalue weighted by molar-refractivity contribution is -0.703. The lowest BCUT2D eigenvalue weighted by Gasteiger charge is -2.61. The summed E-state index contributed by atoms with van der Waals surface area (Å²) >= 11 is 0. The van der Waals surface area contributed by atoms with Crippen LogP contribution in [-0.4, -0.2) is 113 Å². The Hall–Kier alpha value is -1.52. The van der Waals surface area contributed by atoms with E-state index in [1.54, 1.807) is 19.9 Å². The molecule has 17 atom stereocenters. The van der Waals surface area contributed by atoms with Crippen LogP contribution in [0.2, 0.25) is 0 Å². The van der Waals surface area contributed by atoms with Crippen LogP contribution in [0.5, 0.6) is 0 Å². The molecule has 13 nitrogen and oxygen atoms in total. The Morgan fingerprint density at radius 3 is 2.55 bits per heavy atom. The number of aliphatic hydroxyl groups excluding tert-OH is 4. The van der Waals surface area contributed by atoms with Crippen molar-refractivity contribution < 1.29 is 49.5 Å². The van der Waals surface area contributed by atoms with Gasteiger partial charge in [-0.25, -0.2) is 4.79 Å². The second kappa shape index (κ2) is 17.7. The molecular weight excluding hydrogens is 680 g/mol. The first kappa shape index (κ1) is 41.1. The molecule has 0 radical (unpaired) electrons. The number of ether oxygens (including phenoxy) is 3. The van der Waals surface area contributed by atoms with Crippen LogP contribution in [0.25, 0.3) is 0 Å². The molecule has 4 heterocycles. The Morgan fingerprint density at radius 1 is 1.09 bits per heavy atom. The zero-order valence-electron chi connectivity index (χ0n) is 32.2. The molecule has 0 spiro atoms. The molecule has 11 N–H and O–H groups in total. The van der Waals surface area contributed by atoms with E-state index in [1.165, 1.54) is 0 Å². The molecule has 13 unspecified atom stereocenters. The molecule has 2 aliphatic carbocycles. The summed E-state index contributed by atoms with van der Waals surface area (Å²) in [6, 6.07) is 0. The number of esters is 1. The van der Waals surface area contributed by atoms with Gasteiger partial charge in [-0.3, -0.25) is 10.5 Å². The van der Waals surface area contributed by atoms with Crippen molar-refractivity contribution in [2.45, 2.75) is 152 Å². The smallest absolute Gasteiger partial charge is 0.333 e. The zero-order valence-corrected chi connectivity index (χ0v) is 32.2. The lowest BCUT2D eigenvalue weighted by Crippen LogP contribution is -2.95. The number of carbonyl (C=O) groups excluding carboxylic acids is 2. The van der Waals surface area contributed by atoms with E-state index >= 15 is 0 Å². The number of quaternary nitrogens is 1. The number of nitrogens with one attached hydrogen (secondary N) is 1. The summed E-state index contributed by atoms with van der Waals surface area (Å²) in [4.78, 5) is 27.5. The highest BCUT2D eigenvalue weighted by Crippen LogP contribution is 2.56. The summed E-state index contributed by atoms with van der Waals surface area (Å²) in [6.07, 6.45) is 5.51. The van der Waals surface area contributed by atoms with Crippen LogP contribution >= 0.6 is 0 Å². The molecule has 4 saturated heterocycles. The third-order valence-electron chi connectivity index (χ3n) is 14.5. The van der Waals surface area contributed by atoms with Crippen molar-refractivity contribution in [3.63, 3.8) is 0 Å². The maximum absolute atomic E-state index is 14.1. The molecule has 0 bridgehead atoms. The number of allylic oxidation sites excluding steroid dienone is 1. The van der Waals surface area contributed by atoms with Gasteiger partial charge in [0.05, 0.1) is 55.8 Å². The molecule has 302 valence electrons. The Kier molecular flexibility index (Phi) is 13.8. The summed E-state index contributed by atoms with van der Waals surface area (Å²) < 4.78 is 20.4. The third-order valence-corrected chi connectivity index (χ3v) is 14.5. The standard InChI is InChI=1S/C40H68N4O9/c1-4-21(2)39(50)52-30-17-27-36(49)34-29(48)16-26(19-45)51-38(34)35(37(27)53-40(30,3)12-10-22-8-9-31(41)44-18-22)33(24-11-13-43-32(42)15-24)28(20-46)23-6-5-7-25(47)14-23/h4,22-28,30-38,43-47,49H,5-20,41-42H2,1-3H3/p+1/t22?,23?,24?,25?,26?,27?,28-,30+,31?,32?,33+,34?,35?,36?,37?,38?,40+/m1/s1. The number of fused-ring (bicyclic) bond motifs is 2. The fourth-order valence-electron chi connectivity index (χ4n) is 11.4. The summed E-state index contributed by atoms with van der Waals surface area (Å²) in [5.41, 5.74) is 12.3. The summed E-state index contributed by atoms with van der Waals surface area (Å²) in [5, 5.41) is 50.4. The first-order valence-electron chi connectivity index (χ1n) is 20.7. The van der Waals surface area contributed by atoms with Gasteiger partial charge in [0.25, 0.3) is 0 Å². The van der Waals surface area contributed by atoms with Gasteiger partial charge in [-0.05, 0) is 109 Å². The molecule has 2 saturated carbocycles. The summed E-state index contributed by atoms with van der Waals surface area (Å²) in [7, 11) is 0. The Labute approximate surface area is 315 Å². The number of ketones is 1. The van der Waals surface area contributed by atoms with Crippen molar-refractivity contribution in [3.8, 4) is 0 Å². The second-order valence-electron chi connectivity index (χ2n) is 17.8. The summed E-state index contributed by atoms with van der Waals surface area (Å²) in [5.74, 6) is -2.37. The second-order valence-corrected chi connectivity index (χ2v) is 17.8. The number of piperidine rings is 2. The average molecular weight is 750 g/mol. The minimum absolute atomic E-state index is 0.000488. The van der Waals surface area contributed by atoms with Gasteiger partial charge in [0, 0.05) is 42.8 Å². The van der Waals surface area contributed by atoms with Gasteiger partial charge in [-0.2, -0.15) is 0 Å². The molecule has 4 aliphatic heterocycles. The van der Waals surface area contributed by atoms with E-state index in [0.717, 1.165) is 51.5 Å². The van der Waals surface area contributed by atoms with E-state index in [9.17, 15) is 30.0 Å². The SMILES string of the molecule is CC=C(C)C(=O)O[C@H]1CC2C(O)C3C(=O)CC(CO)OC3C([C@@H](C3CCNC(N)C3)[C@H](CO)C3CCCC(O)C3)C2O[C@@]1(C)CCC1CCC(N)[NH2+]C1. The van der Waals surface area contributed by atoms with Gasteiger partial charge in [0.1, 0.15) is 23.7 Å². The predicted octanol–water partition coefficient (Wildman–Crippen LogP) is 0.453.